The Morgan fingerprint density at radius 3 is 2.47 bits per heavy atom. The van der Waals surface area contributed by atoms with Crippen molar-refractivity contribution in [3.8, 4) is 0 Å². The molecule has 0 saturated carbocycles. The highest BCUT2D eigenvalue weighted by Crippen LogP contribution is 2.18. The van der Waals surface area contributed by atoms with E-state index in [1.165, 1.54) is 0 Å². The Morgan fingerprint density at radius 2 is 1.95 bits per heavy atom. The monoisotopic (exact) mass is 269 g/mol. The summed E-state index contributed by atoms with van der Waals surface area (Å²) >= 11 is 0. The van der Waals surface area contributed by atoms with Crippen molar-refractivity contribution in [3.05, 3.63) is 0 Å². The zero-order valence-corrected chi connectivity index (χ0v) is 12.2. The Hall–Kier alpha value is -1.10. The molecule has 1 aliphatic heterocycles. The van der Waals surface area contributed by atoms with Crippen molar-refractivity contribution in [1.82, 2.24) is 10.2 Å². The van der Waals surface area contributed by atoms with Gasteiger partial charge in [0, 0.05) is 38.0 Å². The average molecular weight is 269 g/mol. The maximum Gasteiger partial charge on any atom is 0.224 e. The zero-order chi connectivity index (χ0) is 14.3. The van der Waals surface area contributed by atoms with Crippen LogP contribution >= 0.6 is 0 Å². The molecule has 1 saturated heterocycles. The summed E-state index contributed by atoms with van der Waals surface area (Å²) in [7, 11) is 0. The summed E-state index contributed by atoms with van der Waals surface area (Å²) in [6.45, 7) is 6.02. The first-order valence-corrected chi connectivity index (χ1v) is 7.39. The Labute approximate surface area is 115 Å². The molecule has 0 bridgehead atoms. The van der Waals surface area contributed by atoms with Gasteiger partial charge in [0.15, 0.2) is 0 Å². The van der Waals surface area contributed by atoms with Crippen LogP contribution in [0.3, 0.4) is 0 Å². The average Bonchev–Trinajstić information content (AvgIpc) is 2.39. The fourth-order valence-electron chi connectivity index (χ4n) is 2.54. The lowest BCUT2D eigenvalue weighted by atomic mass is 9.95. The van der Waals surface area contributed by atoms with Gasteiger partial charge in [0.05, 0.1) is 0 Å². The number of nitrogens with zero attached hydrogens (tertiary/aromatic N) is 1. The van der Waals surface area contributed by atoms with E-state index in [1.807, 2.05) is 11.8 Å². The number of nitrogens with two attached hydrogens (primary N) is 1. The number of amides is 2. The minimum atomic E-state index is -0.0291. The molecular formula is C14H27N3O2. The molecular weight excluding hydrogens is 242 g/mol. The molecule has 0 aromatic heterocycles. The number of piperidine rings is 1. The van der Waals surface area contributed by atoms with E-state index < -0.39 is 0 Å². The van der Waals surface area contributed by atoms with Crippen molar-refractivity contribution in [1.29, 1.82) is 0 Å². The molecule has 0 spiro atoms. The van der Waals surface area contributed by atoms with E-state index in [2.05, 4.69) is 12.2 Å². The quantitative estimate of drug-likeness (QED) is 0.751. The van der Waals surface area contributed by atoms with Crippen LogP contribution in [0.5, 0.6) is 0 Å². The highest BCUT2D eigenvalue weighted by atomic mass is 16.2. The molecule has 19 heavy (non-hydrogen) atoms. The molecule has 1 atom stereocenters. The standard InChI is InChI=1S/C14H27N3O2/c1-3-5-12(15)10-13(18)17-8-6-11(7-9-17)14(19)16-4-2/h11-12H,3-10,15H2,1-2H3,(H,16,19). The highest BCUT2D eigenvalue weighted by Gasteiger charge is 2.27. The first-order valence-electron chi connectivity index (χ1n) is 7.39. The Bertz CT molecular complexity index is 299. The SMILES string of the molecule is CCCC(N)CC(=O)N1CCC(C(=O)NCC)CC1. The summed E-state index contributed by atoms with van der Waals surface area (Å²) < 4.78 is 0. The van der Waals surface area contributed by atoms with Gasteiger partial charge >= 0.3 is 0 Å². The van der Waals surface area contributed by atoms with Gasteiger partial charge in [0.2, 0.25) is 11.8 Å². The van der Waals surface area contributed by atoms with E-state index in [9.17, 15) is 9.59 Å². The number of likely N-dealkylation sites (tertiary alicyclic amines) is 1. The predicted molar refractivity (Wildman–Crippen MR) is 75.5 cm³/mol. The third-order valence-corrected chi connectivity index (χ3v) is 3.67. The van der Waals surface area contributed by atoms with Crippen LogP contribution < -0.4 is 11.1 Å². The molecule has 1 aliphatic rings. The Morgan fingerprint density at radius 1 is 1.32 bits per heavy atom. The van der Waals surface area contributed by atoms with Gasteiger partial charge in [0.1, 0.15) is 0 Å². The van der Waals surface area contributed by atoms with E-state index in [-0.39, 0.29) is 23.8 Å². The van der Waals surface area contributed by atoms with Crippen molar-refractivity contribution < 1.29 is 9.59 Å². The van der Waals surface area contributed by atoms with Crippen LogP contribution in [0.15, 0.2) is 0 Å². The molecule has 0 aromatic carbocycles. The summed E-state index contributed by atoms with van der Waals surface area (Å²) in [5.74, 6) is 0.320. The molecule has 1 unspecified atom stereocenters. The molecule has 110 valence electrons. The van der Waals surface area contributed by atoms with Gasteiger partial charge in [-0.05, 0) is 26.2 Å². The summed E-state index contributed by atoms with van der Waals surface area (Å²) in [4.78, 5) is 25.6. The molecule has 5 nitrogen and oxygen atoms in total. The van der Waals surface area contributed by atoms with Crippen molar-refractivity contribution in [2.75, 3.05) is 19.6 Å². The minimum absolute atomic E-state index is 0.0291. The number of rotatable bonds is 6. The van der Waals surface area contributed by atoms with Crippen LogP contribution in [-0.2, 0) is 9.59 Å². The third kappa shape index (κ3) is 5.19. The molecule has 0 aliphatic carbocycles. The van der Waals surface area contributed by atoms with Crippen LogP contribution in [0.4, 0.5) is 0 Å². The molecule has 0 aromatic rings. The van der Waals surface area contributed by atoms with Crippen LogP contribution in [-0.4, -0.2) is 42.4 Å². The van der Waals surface area contributed by atoms with Crippen LogP contribution in [0, 0.1) is 5.92 Å². The number of carbonyl (C=O) groups excluding carboxylic acids is 2. The third-order valence-electron chi connectivity index (χ3n) is 3.67. The Balaban J connectivity index is 2.32. The fraction of sp³-hybridized carbons (Fsp3) is 0.857. The lowest BCUT2D eigenvalue weighted by molar-refractivity contribution is -0.135. The van der Waals surface area contributed by atoms with Gasteiger partial charge in [-0.2, -0.15) is 0 Å². The zero-order valence-electron chi connectivity index (χ0n) is 12.2. The van der Waals surface area contributed by atoms with E-state index in [0.717, 1.165) is 25.7 Å². The lowest BCUT2D eigenvalue weighted by Crippen LogP contribution is -2.44. The van der Waals surface area contributed by atoms with Crippen molar-refractivity contribution in [3.63, 3.8) is 0 Å². The van der Waals surface area contributed by atoms with Gasteiger partial charge in [-0.3, -0.25) is 9.59 Å². The lowest BCUT2D eigenvalue weighted by Gasteiger charge is -2.32. The molecule has 5 heteroatoms. The van der Waals surface area contributed by atoms with Gasteiger partial charge in [-0.25, -0.2) is 0 Å². The second kappa shape index (κ2) is 8.15. The molecule has 2 amide bonds. The van der Waals surface area contributed by atoms with Crippen molar-refractivity contribution >= 4 is 11.8 Å². The first kappa shape index (κ1) is 16.0. The first-order chi connectivity index (χ1) is 9.08. The minimum Gasteiger partial charge on any atom is -0.356 e. The van der Waals surface area contributed by atoms with E-state index in [4.69, 9.17) is 5.73 Å². The van der Waals surface area contributed by atoms with Crippen molar-refractivity contribution in [2.45, 2.75) is 52.0 Å². The Kier molecular flexibility index (Phi) is 6.84. The van der Waals surface area contributed by atoms with Gasteiger partial charge in [-0.1, -0.05) is 13.3 Å². The van der Waals surface area contributed by atoms with Crippen LogP contribution in [0.1, 0.15) is 46.0 Å². The summed E-state index contributed by atoms with van der Waals surface area (Å²) in [5, 5.41) is 2.85. The van der Waals surface area contributed by atoms with E-state index >= 15 is 0 Å². The number of hydrogen-bond donors (Lipinski definition) is 2. The summed E-state index contributed by atoms with van der Waals surface area (Å²) in [6.07, 6.45) is 3.86. The summed E-state index contributed by atoms with van der Waals surface area (Å²) in [5.41, 5.74) is 5.90. The van der Waals surface area contributed by atoms with E-state index in [0.29, 0.717) is 26.1 Å². The van der Waals surface area contributed by atoms with Crippen molar-refractivity contribution in [2.24, 2.45) is 11.7 Å². The van der Waals surface area contributed by atoms with Gasteiger partial charge in [-0.15, -0.1) is 0 Å². The molecule has 1 heterocycles. The normalized spacial score (nSPS) is 18.2. The number of carbonyl (C=O) groups is 2. The maximum atomic E-state index is 12.0. The topological polar surface area (TPSA) is 75.4 Å². The molecule has 3 N–H and O–H groups in total. The number of nitrogens with one attached hydrogen (secondary N) is 1. The molecule has 0 radical (unpaired) electrons. The second-order valence-corrected chi connectivity index (χ2v) is 5.30. The maximum absolute atomic E-state index is 12.0. The fourth-order valence-corrected chi connectivity index (χ4v) is 2.54. The van der Waals surface area contributed by atoms with Crippen LogP contribution in [0.2, 0.25) is 0 Å². The molecule has 1 rings (SSSR count). The number of hydrogen-bond acceptors (Lipinski definition) is 3. The smallest absolute Gasteiger partial charge is 0.224 e. The summed E-state index contributed by atoms with van der Waals surface area (Å²) in [6, 6.07) is -0.0291. The largest absolute Gasteiger partial charge is 0.356 e. The predicted octanol–water partition coefficient (Wildman–Crippen LogP) is 0.879. The highest BCUT2D eigenvalue weighted by molar-refractivity contribution is 5.80. The second-order valence-electron chi connectivity index (χ2n) is 5.30. The van der Waals surface area contributed by atoms with Crippen LogP contribution in [0.25, 0.3) is 0 Å². The van der Waals surface area contributed by atoms with Gasteiger partial charge < -0.3 is 16.0 Å². The van der Waals surface area contributed by atoms with E-state index in [1.54, 1.807) is 0 Å². The van der Waals surface area contributed by atoms with Gasteiger partial charge in [0.25, 0.3) is 0 Å². The molecule has 1 fully saturated rings.